The molecule has 2 rings (SSSR count). The van der Waals surface area contributed by atoms with Crippen molar-refractivity contribution in [1.29, 1.82) is 0 Å². The van der Waals surface area contributed by atoms with Crippen LogP contribution in [0.2, 0.25) is 0 Å². The van der Waals surface area contributed by atoms with Crippen molar-refractivity contribution in [1.82, 2.24) is 0 Å². The maximum Gasteiger partial charge on any atom is 0.0214 e. The highest BCUT2D eigenvalue weighted by molar-refractivity contribution is 8.10. The Kier molecular flexibility index (Phi) is 3.08. The number of hydrogen-bond acceptors (Lipinski definition) is 2. The fourth-order valence-corrected chi connectivity index (χ4v) is 4.89. The summed E-state index contributed by atoms with van der Waals surface area (Å²) in [5, 5.41) is 4.29. The van der Waals surface area contributed by atoms with Crippen molar-refractivity contribution in [2.75, 3.05) is 0 Å². The Bertz CT molecular complexity index is 186. The maximum absolute atomic E-state index is 2.40. The first-order valence-corrected chi connectivity index (χ1v) is 6.73. The zero-order valence-corrected chi connectivity index (χ0v) is 9.22. The number of allylic oxidation sites excluding steroid dienone is 1. The standard InChI is InChI=1S/C10H16S2/c1-2-8-7-11-9-5-3-4-6-10(9)12-8/h7,9-10H,2-6H2,1H3. The Balaban J connectivity index is 2.00. The summed E-state index contributed by atoms with van der Waals surface area (Å²) in [5.41, 5.74) is 0. The molecule has 68 valence electrons. The maximum atomic E-state index is 2.40. The lowest BCUT2D eigenvalue weighted by atomic mass is 10.00. The van der Waals surface area contributed by atoms with Crippen LogP contribution in [0.15, 0.2) is 10.3 Å². The third kappa shape index (κ3) is 1.85. The highest BCUT2D eigenvalue weighted by atomic mass is 32.2. The van der Waals surface area contributed by atoms with Crippen molar-refractivity contribution in [3.63, 3.8) is 0 Å². The van der Waals surface area contributed by atoms with E-state index in [9.17, 15) is 0 Å². The summed E-state index contributed by atoms with van der Waals surface area (Å²) in [6, 6.07) is 0. The SMILES string of the molecule is CCC1=CSC2CCCCC2S1. The highest BCUT2D eigenvalue weighted by Crippen LogP contribution is 2.45. The summed E-state index contributed by atoms with van der Waals surface area (Å²) in [6.07, 6.45) is 7.08. The number of rotatable bonds is 1. The highest BCUT2D eigenvalue weighted by Gasteiger charge is 2.28. The van der Waals surface area contributed by atoms with Crippen LogP contribution in [0.3, 0.4) is 0 Å². The Morgan fingerprint density at radius 1 is 1.33 bits per heavy atom. The molecule has 2 aliphatic rings. The van der Waals surface area contributed by atoms with E-state index < -0.39 is 0 Å². The number of thioether (sulfide) groups is 2. The third-order valence-corrected chi connectivity index (χ3v) is 5.90. The van der Waals surface area contributed by atoms with E-state index in [4.69, 9.17) is 0 Å². The van der Waals surface area contributed by atoms with Crippen molar-refractivity contribution in [3.8, 4) is 0 Å². The topological polar surface area (TPSA) is 0 Å². The average molecular weight is 200 g/mol. The predicted octanol–water partition coefficient (Wildman–Crippen LogP) is 4.03. The van der Waals surface area contributed by atoms with Crippen LogP contribution in [0.25, 0.3) is 0 Å². The van der Waals surface area contributed by atoms with Gasteiger partial charge >= 0.3 is 0 Å². The molecule has 1 saturated carbocycles. The molecule has 1 heterocycles. The predicted molar refractivity (Wildman–Crippen MR) is 59.6 cm³/mol. The van der Waals surface area contributed by atoms with Crippen LogP contribution in [-0.4, -0.2) is 10.5 Å². The molecule has 0 spiro atoms. The van der Waals surface area contributed by atoms with Gasteiger partial charge in [-0.15, -0.1) is 23.5 Å². The third-order valence-electron chi connectivity index (χ3n) is 2.67. The van der Waals surface area contributed by atoms with Crippen LogP contribution in [-0.2, 0) is 0 Å². The van der Waals surface area contributed by atoms with Crippen LogP contribution in [0.4, 0.5) is 0 Å². The van der Waals surface area contributed by atoms with Crippen LogP contribution in [0, 0.1) is 0 Å². The van der Waals surface area contributed by atoms with Gasteiger partial charge < -0.3 is 0 Å². The molecule has 2 heteroatoms. The molecular weight excluding hydrogens is 184 g/mol. The molecule has 12 heavy (non-hydrogen) atoms. The van der Waals surface area contributed by atoms with E-state index in [1.165, 1.54) is 32.1 Å². The molecule has 0 nitrogen and oxygen atoms in total. The smallest absolute Gasteiger partial charge is 0.0214 e. The van der Waals surface area contributed by atoms with Crippen LogP contribution < -0.4 is 0 Å². The fraction of sp³-hybridized carbons (Fsp3) is 0.800. The molecule has 0 saturated heterocycles. The minimum atomic E-state index is 0.944. The van der Waals surface area contributed by atoms with Gasteiger partial charge in [-0.05, 0) is 29.6 Å². The lowest BCUT2D eigenvalue weighted by Gasteiger charge is -2.33. The summed E-state index contributed by atoms with van der Waals surface area (Å²) in [4.78, 5) is 1.61. The lowest BCUT2D eigenvalue weighted by Crippen LogP contribution is -2.25. The van der Waals surface area contributed by atoms with Gasteiger partial charge in [-0.25, -0.2) is 0 Å². The fourth-order valence-electron chi connectivity index (χ4n) is 1.91. The summed E-state index contributed by atoms with van der Waals surface area (Å²) < 4.78 is 0. The first-order chi connectivity index (χ1) is 5.90. The van der Waals surface area contributed by atoms with Gasteiger partial charge in [0.25, 0.3) is 0 Å². The molecule has 0 aromatic carbocycles. The van der Waals surface area contributed by atoms with Gasteiger partial charge in [0.15, 0.2) is 0 Å². The summed E-state index contributed by atoms with van der Waals surface area (Å²) in [5.74, 6) is 0. The van der Waals surface area contributed by atoms with Crippen LogP contribution >= 0.6 is 23.5 Å². The molecule has 1 fully saturated rings. The van der Waals surface area contributed by atoms with Gasteiger partial charge in [0, 0.05) is 10.5 Å². The minimum absolute atomic E-state index is 0.944. The summed E-state index contributed by atoms with van der Waals surface area (Å²) in [7, 11) is 0. The Labute approximate surface area is 83.6 Å². The van der Waals surface area contributed by atoms with E-state index >= 15 is 0 Å². The monoisotopic (exact) mass is 200 g/mol. The van der Waals surface area contributed by atoms with E-state index in [1.54, 1.807) is 4.91 Å². The molecule has 1 aliphatic heterocycles. The van der Waals surface area contributed by atoms with E-state index in [-0.39, 0.29) is 0 Å². The number of fused-ring (bicyclic) bond motifs is 1. The van der Waals surface area contributed by atoms with Gasteiger partial charge in [-0.3, -0.25) is 0 Å². The van der Waals surface area contributed by atoms with Crippen molar-refractivity contribution < 1.29 is 0 Å². The summed E-state index contributed by atoms with van der Waals surface area (Å²) in [6.45, 7) is 2.27. The second kappa shape index (κ2) is 4.10. The zero-order valence-electron chi connectivity index (χ0n) is 7.58. The van der Waals surface area contributed by atoms with E-state index in [0.717, 1.165) is 10.5 Å². The van der Waals surface area contributed by atoms with Crippen molar-refractivity contribution in [2.45, 2.75) is 49.5 Å². The van der Waals surface area contributed by atoms with Gasteiger partial charge in [0.05, 0.1) is 0 Å². The molecule has 0 amide bonds. The first-order valence-electron chi connectivity index (χ1n) is 4.91. The molecular formula is C10H16S2. The minimum Gasteiger partial charge on any atom is -0.129 e. The van der Waals surface area contributed by atoms with Gasteiger partial charge in [0.1, 0.15) is 0 Å². The normalized spacial score (nSPS) is 35.6. The molecule has 2 unspecified atom stereocenters. The average Bonchev–Trinajstić information content (AvgIpc) is 2.17. The van der Waals surface area contributed by atoms with Crippen molar-refractivity contribution >= 4 is 23.5 Å². The first kappa shape index (κ1) is 9.01. The molecule has 0 aromatic heterocycles. The van der Waals surface area contributed by atoms with Crippen LogP contribution in [0.5, 0.6) is 0 Å². The molecule has 0 aromatic rings. The van der Waals surface area contributed by atoms with Crippen molar-refractivity contribution in [2.24, 2.45) is 0 Å². The molecule has 0 radical (unpaired) electrons. The summed E-state index contributed by atoms with van der Waals surface area (Å²) >= 11 is 4.25. The molecule has 0 bridgehead atoms. The van der Waals surface area contributed by atoms with Gasteiger partial charge in [-0.2, -0.15) is 0 Å². The van der Waals surface area contributed by atoms with Crippen molar-refractivity contribution in [3.05, 3.63) is 10.3 Å². The molecule has 1 aliphatic carbocycles. The zero-order chi connectivity index (χ0) is 8.39. The Morgan fingerprint density at radius 3 is 2.83 bits per heavy atom. The lowest BCUT2D eigenvalue weighted by molar-refractivity contribution is 0.528. The quantitative estimate of drug-likeness (QED) is 0.627. The van der Waals surface area contributed by atoms with Gasteiger partial charge in [-0.1, -0.05) is 19.8 Å². The van der Waals surface area contributed by atoms with Crippen LogP contribution in [0.1, 0.15) is 39.0 Å². The number of hydrogen-bond donors (Lipinski definition) is 0. The molecule has 2 atom stereocenters. The van der Waals surface area contributed by atoms with E-state index in [1.807, 2.05) is 0 Å². The largest absolute Gasteiger partial charge is 0.129 e. The second-order valence-electron chi connectivity index (χ2n) is 3.55. The molecule has 0 N–H and O–H groups in total. The Hall–Kier alpha value is 0.440. The Morgan fingerprint density at radius 2 is 2.08 bits per heavy atom. The van der Waals surface area contributed by atoms with E-state index in [0.29, 0.717) is 0 Å². The van der Waals surface area contributed by atoms with Gasteiger partial charge in [0.2, 0.25) is 0 Å². The van der Waals surface area contributed by atoms with E-state index in [2.05, 4.69) is 35.9 Å². The second-order valence-corrected chi connectivity index (χ2v) is 6.03.